The molecule has 23 heavy (non-hydrogen) atoms. The van der Waals surface area contributed by atoms with E-state index < -0.39 is 0 Å². The van der Waals surface area contributed by atoms with Gasteiger partial charge in [0.15, 0.2) is 0 Å². The number of rotatable bonds is 7. The molecule has 0 aliphatic heterocycles. The van der Waals surface area contributed by atoms with Crippen LogP contribution >= 0.6 is 0 Å². The third kappa shape index (κ3) is 5.17. The summed E-state index contributed by atoms with van der Waals surface area (Å²) in [6.45, 7) is 3.31. The van der Waals surface area contributed by atoms with Gasteiger partial charge in [0, 0.05) is 12.1 Å². The van der Waals surface area contributed by atoms with Crippen molar-refractivity contribution in [2.24, 2.45) is 0 Å². The van der Waals surface area contributed by atoms with Gasteiger partial charge in [0.25, 0.3) is 0 Å². The molecule has 0 aliphatic rings. The maximum absolute atomic E-state index is 13.3. The molecule has 0 spiro atoms. The van der Waals surface area contributed by atoms with Gasteiger partial charge in [0.2, 0.25) is 11.8 Å². The predicted molar refractivity (Wildman–Crippen MR) is 86.5 cm³/mol. The van der Waals surface area contributed by atoms with Crippen LogP contribution in [-0.4, -0.2) is 43.0 Å². The number of nitrogens with zero attached hydrogens (tertiary/aromatic N) is 2. The molecule has 2 aromatic rings. The SMILES string of the molecule is Cc1oc(-c2cccc(F)c2)nc1CC(=O)NCCCN(C)C. The Morgan fingerprint density at radius 3 is 2.87 bits per heavy atom. The maximum atomic E-state index is 13.3. The summed E-state index contributed by atoms with van der Waals surface area (Å²) >= 11 is 0. The molecule has 6 heteroatoms. The summed E-state index contributed by atoms with van der Waals surface area (Å²) in [6.07, 6.45) is 1.05. The first-order chi connectivity index (χ1) is 11.0. The zero-order valence-corrected chi connectivity index (χ0v) is 13.7. The van der Waals surface area contributed by atoms with E-state index in [1.807, 2.05) is 14.1 Å². The molecule has 1 heterocycles. The fourth-order valence-corrected chi connectivity index (χ4v) is 2.17. The lowest BCUT2D eigenvalue weighted by Gasteiger charge is -2.09. The van der Waals surface area contributed by atoms with Crippen molar-refractivity contribution >= 4 is 5.91 Å². The molecule has 0 saturated carbocycles. The van der Waals surface area contributed by atoms with Gasteiger partial charge in [-0.1, -0.05) is 6.07 Å². The van der Waals surface area contributed by atoms with E-state index in [2.05, 4.69) is 15.2 Å². The first-order valence-electron chi connectivity index (χ1n) is 7.59. The smallest absolute Gasteiger partial charge is 0.226 e. The molecule has 1 aromatic carbocycles. The minimum atomic E-state index is -0.349. The molecule has 0 fully saturated rings. The van der Waals surface area contributed by atoms with Crippen LogP contribution in [0.1, 0.15) is 17.9 Å². The van der Waals surface area contributed by atoms with Crippen molar-refractivity contribution < 1.29 is 13.6 Å². The van der Waals surface area contributed by atoms with Crippen LogP contribution in [0.4, 0.5) is 4.39 Å². The highest BCUT2D eigenvalue weighted by atomic mass is 19.1. The summed E-state index contributed by atoms with van der Waals surface area (Å²) in [5, 5.41) is 2.86. The van der Waals surface area contributed by atoms with Crippen molar-refractivity contribution in [2.45, 2.75) is 19.8 Å². The number of hydrogen-bond acceptors (Lipinski definition) is 4. The molecule has 0 aliphatic carbocycles. The van der Waals surface area contributed by atoms with Gasteiger partial charge in [0.05, 0.1) is 12.1 Å². The molecular weight excluding hydrogens is 297 g/mol. The van der Waals surface area contributed by atoms with E-state index >= 15 is 0 Å². The minimum Gasteiger partial charge on any atom is -0.441 e. The van der Waals surface area contributed by atoms with Crippen molar-refractivity contribution in [1.82, 2.24) is 15.2 Å². The van der Waals surface area contributed by atoms with Gasteiger partial charge in [0.1, 0.15) is 11.6 Å². The molecule has 1 aromatic heterocycles. The summed E-state index contributed by atoms with van der Waals surface area (Å²) in [5.41, 5.74) is 1.14. The number of aromatic nitrogens is 1. The molecule has 2 rings (SSSR count). The summed E-state index contributed by atoms with van der Waals surface area (Å²) in [6, 6.07) is 6.04. The van der Waals surface area contributed by atoms with Crippen molar-refractivity contribution in [1.29, 1.82) is 0 Å². The first kappa shape index (κ1) is 17.1. The molecule has 5 nitrogen and oxygen atoms in total. The second-order valence-corrected chi connectivity index (χ2v) is 5.72. The van der Waals surface area contributed by atoms with Gasteiger partial charge in [-0.3, -0.25) is 4.79 Å². The van der Waals surface area contributed by atoms with Crippen LogP contribution in [0.15, 0.2) is 28.7 Å². The third-order valence-electron chi connectivity index (χ3n) is 3.40. The highest BCUT2D eigenvalue weighted by Crippen LogP contribution is 2.22. The average molecular weight is 319 g/mol. The third-order valence-corrected chi connectivity index (χ3v) is 3.40. The summed E-state index contributed by atoms with van der Waals surface area (Å²) in [7, 11) is 3.99. The van der Waals surface area contributed by atoms with Gasteiger partial charge in [-0.05, 0) is 52.2 Å². The number of halogens is 1. The Hall–Kier alpha value is -2.21. The van der Waals surface area contributed by atoms with E-state index in [-0.39, 0.29) is 18.1 Å². The number of amides is 1. The number of carbonyl (C=O) groups is 1. The Bertz CT molecular complexity index is 668. The van der Waals surface area contributed by atoms with Gasteiger partial charge in [-0.2, -0.15) is 0 Å². The number of nitrogens with one attached hydrogen (secondary N) is 1. The lowest BCUT2D eigenvalue weighted by molar-refractivity contribution is -0.120. The van der Waals surface area contributed by atoms with Crippen molar-refractivity contribution in [3.8, 4) is 11.5 Å². The van der Waals surface area contributed by atoms with Gasteiger partial charge in [-0.25, -0.2) is 9.37 Å². The standard InChI is InChI=1S/C17H22FN3O2/c1-12-15(11-16(22)19-8-5-9-21(2)3)20-17(23-12)13-6-4-7-14(18)10-13/h4,6-7,10H,5,8-9,11H2,1-3H3,(H,19,22). The number of hydrogen-bond donors (Lipinski definition) is 1. The van der Waals surface area contributed by atoms with Crippen LogP contribution in [-0.2, 0) is 11.2 Å². The first-order valence-corrected chi connectivity index (χ1v) is 7.59. The fraction of sp³-hybridized carbons (Fsp3) is 0.412. The number of aryl methyl sites for hydroxylation is 1. The van der Waals surface area contributed by atoms with Gasteiger partial charge < -0.3 is 14.6 Å². The van der Waals surface area contributed by atoms with Crippen LogP contribution in [0.25, 0.3) is 11.5 Å². The number of benzene rings is 1. The second-order valence-electron chi connectivity index (χ2n) is 5.72. The van der Waals surface area contributed by atoms with Gasteiger partial charge >= 0.3 is 0 Å². The zero-order chi connectivity index (χ0) is 16.8. The van der Waals surface area contributed by atoms with Crippen molar-refractivity contribution in [2.75, 3.05) is 27.2 Å². The van der Waals surface area contributed by atoms with Crippen LogP contribution in [0.5, 0.6) is 0 Å². The molecule has 0 atom stereocenters. The second kappa shape index (κ2) is 7.87. The Morgan fingerprint density at radius 1 is 1.39 bits per heavy atom. The average Bonchev–Trinajstić information content (AvgIpc) is 2.85. The summed E-state index contributed by atoms with van der Waals surface area (Å²) in [4.78, 5) is 18.3. The highest BCUT2D eigenvalue weighted by Gasteiger charge is 2.14. The molecular formula is C17H22FN3O2. The minimum absolute atomic E-state index is 0.0917. The van der Waals surface area contributed by atoms with E-state index in [4.69, 9.17) is 4.42 Å². The van der Waals surface area contributed by atoms with Crippen molar-refractivity contribution in [3.05, 3.63) is 41.5 Å². The van der Waals surface area contributed by atoms with E-state index in [9.17, 15) is 9.18 Å². The molecule has 0 saturated heterocycles. The van der Waals surface area contributed by atoms with E-state index in [1.54, 1.807) is 19.1 Å². The highest BCUT2D eigenvalue weighted by molar-refractivity contribution is 5.78. The van der Waals surface area contributed by atoms with Crippen molar-refractivity contribution in [3.63, 3.8) is 0 Å². The quantitative estimate of drug-likeness (QED) is 0.796. The summed E-state index contributed by atoms with van der Waals surface area (Å²) in [5.74, 6) is 0.467. The van der Waals surface area contributed by atoms with Crippen LogP contribution in [0, 0.1) is 12.7 Å². The Balaban J connectivity index is 1.95. The Morgan fingerprint density at radius 2 is 2.17 bits per heavy atom. The predicted octanol–water partition coefficient (Wildman–Crippen LogP) is 2.40. The largest absolute Gasteiger partial charge is 0.441 e. The summed E-state index contributed by atoms with van der Waals surface area (Å²) < 4.78 is 18.8. The number of carbonyl (C=O) groups excluding carboxylic acids is 1. The maximum Gasteiger partial charge on any atom is 0.226 e. The molecule has 0 unspecified atom stereocenters. The van der Waals surface area contributed by atoms with Crippen LogP contribution in [0.2, 0.25) is 0 Å². The van der Waals surface area contributed by atoms with E-state index in [0.717, 1.165) is 13.0 Å². The normalized spacial score (nSPS) is 11.0. The van der Waals surface area contributed by atoms with Crippen LogP contribution < -0.4 is 5.32 Å². The molecule has 1 N–H and O–H groups in total. The monoisotopic (exact) mass is 319 g/mol. The molecule has 0 radical (unpaired) electrons. The topological polar surface area (TPSA) is 58.4 Å². The zero-order valence-electron chi connectivity index (χ0n) is 13.7. The molecule has 0 bridgehead atoms. The Labute approximate surface area is 135 Å². The molecule has 124 valence electrons. The molecule has 1 amide bonds. The fourth-order valence-electron chi connectivity index (χ4n) is 2.17. The Kier molecular flexibility index (Phi) is 5.87. The lowest BCUT2D eigenvalue weighted by Crippen LogP contribution is -2.28. The van der Waals surface area contributed by atoms with E-state index in [0.29, 0.717) is 29.5 Å². The van der Waals surface area contributed by atoms with E-state index in [1.165, 1.54) is 12.1 Å². The van der Waals surface area contributed by atoms with Gasteiger partial charge in [-0.15, -0.1) is 0 Å². The number of oxazole rings is 1. The van der Waals surface area contributed by atoms with Crippen LogP contribution in [0.3, 0.4) is 0 Å². The lowest BCUT2D eigenvalue weighted by atomic mass is 10.2.